The first-order valence-electron chi connectivity index (χ1n) is 8.47. The maximum absolute atomic E-state index is 12.3. The lowest BCUT2D eigenvalue weighted by Gasteiger charge is -2.10. The lowest BCUT2D eigenvalue weighted by atomic mass is 10.2. The van der Waals surface area contributed by atoms with Crippen LogP contribution in [0.25, 0.3) is 0 Å². The zero-order valence-corrected chi connectivity index (χ0v) is 15.8. The number of sulfonamides is 1. The third kappa shape index (κ3) is 6.49. The molecule has 142 valence electrons. The summed E-state index contributed by atoms with van der Waals surface area (Å²) in [5.41, 5.74) is 0.533. The molecule has 9 heteroatoms. The fourth-order valence-corrected chi connectivity index (χ4v) is 3.23. The second-order valence-electron chi connectivity index (χ2n) is 6.31. The van der Waals surface area contributed by atoms with E-state index in [9.17, 15) is 13.2 Å². The fourth-order valence-electron chi connectivity index (χ4n) is 2.16. The predicted octanol–water partition coefficient (Wildman–Crippen LogP) is 2.03. The minimum absolute atomic E-state index is 0.160. The van der Waals surface area contributed by atoms with E-state index in [4.69, 9.17) is 0 Å². The van der Waals surface area contributed by atoms with Crippen LogP contribution in [0.3, 0.4) is 0 Å². The fraction of sp³-hybridized carbons (Fsp3) is 0.412. The number of urea groups is 1. The molecule has 0 aliphatic heterocycles. The molecule has 0 atom stereocenters. The van der Waals surface area contributed by atoms with Crippen molar-refractivity contribution in [3.63, 3.8) is 0 Å². The number of nitrogens with one attached hydrogen (secondary N) is 3. The van der Waals surface area contributed by atoms with Crippen molar-refractivity contribution in [1.29, 1.82) is 0 Å². The van der Waals surface area contributed by atoms with Gasteiger partial charge in [0.15, 0.2) is 0 Å². The SMILES string of the molecule is CC(C)CNC(=O)Nc1ccc(S(=O)(=O)NCCCn2ccnc2)cc1. The molecule has 0 bridgehead atoms. The van der Waals surface area contributed by atoms with E-state index in [-0.39, 0.29) is 10.9 Å². The van der Waals surface area contributed by atoms with Crippen molar-refractivity contribution in [1.82, 2.24) is 19.6 Å². The first-order valence-corrected chi connectivity index (χ1v) is 9.95. The molecular formula is C17H25N5O3S. The molecule has 0 saturated carbocycles. The topological polar surface area (TPSA) is 105 Å². The summed E-state index contributed by atoms with van der Waals surface area (Å²) in [7, 11) is -3.57. The first kappa shape index (κ1) is 19.9. The second kappa shape index (κ2) is 9.35. The van der Waals surface area contributed by atoms with Gasteiger partial charge in [-0.3, -0.25) is 0 Å². The summed E-state index contributed by atoms with van der Waals surface area (Å²) >= 11 is 0. The van der Waals surface area contributed by atoms with Crippen molar-refractivity contribution in [3.05, 3.63) is 43.0 Å². The standard InChI is InChI=1S/C17H25N5O3S/c1-14(2)12-19-17(23)21-15-4-6-16(7-5-15)26(24,25)20-8-3-10-22-11-9-18-13-22/h4-7,9,11,13-14,20H,3,8,10,12H2,1-2H3,(H2,19,21,23). The molecule has 2 amide bonds. The molecule has 26 heavy (non-hydrogen) atoms. The highest BCUT2D eigenvalue weighted by Gasteiger charge is 2.13. The van der Waals surface area contributed by atoms with E-state index in [0.29, 0.717) is 37.7 Å². The van der Waals surface area contributed by atoms with Gasteiger partial charge in [0.25, 0.3) is 0 Å². The van der Waals surface area contributed by atoms with E-state index >= 15 is 0 Å². The Morgan fingerprint density at radius 2 is 1.96 bits per heavy atom. The maximum atomic E-state index is 12.3. The van der Waals surface area contributed by atoms with Crippen LogP contribution in [0.4, 0.5) is 10.5 Å². The lowest BCUT2D eigenvalue weighted by molar-refractivity contribution is 0.251. The number of aromatic nitrogens is 2. The number of anilines is 1. The van der Waals surface area contributed by atoms with Crippen LogP contribution in [0.5, 0.6) is 0 Å². The van der Waals surface area contributed by atoms with Crippen LogP contribution in [-0.2, 0) is 16.6 Å². The molecule has 2 aromatic rings. The third-order valence-electron chi connectivity index (χ3n) is 3.54. The molecule has 0 aliphatic rings. The number of carbonyl (C=O) groups is 1. The molecular weight excluding hydrogens is 354 g/mol. The number of nitrogens with zero attached hydrogens (tertiary/aromatic N) is 2. The number of aryl methyl sites for hydroxylation is 1. The number of carbonyl (C=O) groups excluding carboxylic acids is 1. The van der Waals surface area contributed by atoms with Gasteiger partial charge in [0.05, 0.1) is 11.2 Å². The van der Waals surface area contributed by atoms with Crippen molar-refractivity contribution in [2.45, 2.75) is 31.7 Å². The Morgan fingerprint density at radius 1 is 1.23 bits per heavy atom. The van der Waals surface area contributed by atoms with Crippen LogP contribution in [0.15, 0.2) is 47.9 Å². The molecule has 3 N–H and O–H groups in total. The van der Waals surface area contributed by atoms with Gasteiger partial charge in [-0.05, 0) is 36.6 Å². The highest BCUT2D eigenvalue weighted by atomic mass is 32.2. The normalized spacial score (nSPS) is 11.5. The molecule has 1 heterocycles. The van der Waals surface area contributed by atoms with Gasteiger partial charge in [0.2, 0.25) is 10.0 Å². The zero-order chi connectivity index (χ0) is 19.0. The highest BCUT2D eigenvalue weighted by Crippen LogP contribution is 2.14. The molecule has 1 aromatic heterocycles. The van der Waals surface area contributed by atoms with Gasteiger partial charge < -0.3 is 15.2 Å². The Bertz CT molecular complexity index is 786. The largest absolute Gasteiger partial charge is 0.338 e. The van der Waals surface area contributed by atoms with Crippen LogP contribution in [-0.4, -0.2) is 37.1 Å². The Kier molecular flexibility index (Phi) is 7.16. The molecule has 0 radical (unpaired) electrons. The molecule has 0 saturated heterocycles. The number of rotatable bonds is 9. The van der Waals surface area contributed by atoms with Crippen LogP contribution in [0, 0.1) is 5.92 Å². The van der Waals surface area contributed by atoms with Crippen molar-refractivity contribution < 1.29 is 13.2 Å². The van der Waals surface area contributed by atoms with Gasteiger partial charge in [-0.25, -0.2) is 22.9 Å². The van der Waals surface area contributed by atoms with E-state index in [2.05, 4.69) is 20.3 Å². The Morgan fingerprint density at radius 3 is 2.58 bits per heavy atom. The zero-order valence-electron chi connectivity index (χ0n) is 15.0. The molecule has 0 fully saturated rings. The summed E-state index contributed by atoms with van der Waals surface area (Å²) in [5, 5.41) is 5.40. The Balaban J connectivity index is 1.82. The summed E-state index contributed by atoms with van der Waals surface area (Å²) in [4.78, 5) is 15.8. The van der Waals surface area contributed by atoms with Gasteiger partial charge in [0.1, 0.15) is 0 Å². The molecule has 0 aliphatic carbocycles. The van der Waals surface area contributed by atoms with E-state index in [1.54, 1.807) is 24.7 Å². The van der Waals surface area contributed by atoms with E-state index in [1.165, 1.54) is 12.1 Å². The maximum Gasteiger partial charge on any atom is 0.319 e. The van der Waals surface area contributed by atoms with Gasteiger partial charge in [0, 0.05) is 37.7 Å². The monoisotopic (exact) mass is 379 g/mol. The molecule has 1 aromatic carbocycles. The number of hydrogen-bond acceptors (Lipinski definition) is 4. The van der Waals surface area contributed by atoms with Gasteiger partial charge in [-0.15, -0.1) is 0 Å². The van der Waals surface area contributed by atoms with Crippen LogP contribution in [0.1, 0.15) is 20.3 Å². The summed E-state index contributed by atoms with van der Waals surface area (Å²) in [6.45, 7) is 5.60. The van der Waals surface area contributed by atoms with Crippen molar-refractivity contribution in [2.75, 3.05) is 18.4 Å². The smallest absolute Gasteiger partial charge is 0.319 e. The summed E-state index contributed by atoms with van der Waals surface area (Å²) in [5.74, 6) is 0.355. The second-order valence-corrected chi connectivity index (χ2v) is 8.07. The van der Waals surface area contributed by atoms with Gasteiger partial charge in [-0.1, -0.05) is 13.8 Å². The van der Waals surface area contributed by atoms with Crippen LogP contribution in [0.2, 0.25) is 0 Å². The van der Waals surface area contributed by atoms with Crippen LogP contribution < -0.4 is 15.4 Å². The number of imidazole rings is 1. The molecule has 8 nitrogen and oxygen atoms in total. The van der Waals surface area contributed by atoms with Crippen molar-refractivity contribution >= 4 is 21.7 Å². The van der Waals surface area contributed by atoms with E-state index in [0.717, 1.165) is 0 Å². The number of amides is 2. The minimum atomic E-state index is -3.57. The third-order valence-corrected chi connectivity index (χ3v) is 5.01. The molecule has 2 rings (SSSR count). The van der Waals surface area contributed by atoms with Crippen molar-refractivity contribution in [2.24, 2.45) is 5.92 Å². The van der Waals surface area contributed by atoms with Gasteiger partial charge >= 0.3 is 6.03 Å². The van der Waals surface area contributed by atoms with Gasteiger partial charge in [-0.2, -0.15) is 0 Å². The summed E-state index contributed by atoms with van der Waals surface area (Å²) in [6.07, 6.45) is 5.86. The number of hydrogen-bond donors (Lipinski definition) is 3. The highest BCUT2D eigenvalue weighted by molar-refractivity contribution is 7.89. The summed E-state index contributed by atoms with van der Waals surface area (Å²) in [6, 6.07) is 5.75. The van der Waals surface area contributed by atoms with E-state index in [1.807, 2.05) is 24.6 Å². The average molecular weight is 379 g/mol. The summed E-state index contributed by atoms with van der Waals surface area (Å²) < 4.78 is 29.0. The number of benzene rings is 1. The van der Waals surface area contributed by atoms with E-state index < -0.39 is 10.0 Å². The Hall–Kier alpha value is -2.39. The average Bonchev–Trinajstić information content (AvgIpc) is 3.11. The minimum Gasteiger partial charge on any atom is -0.338 e. The van der Waals surface area contributed by atoms with Crippen LogP contribution >= 0.6 is 0 Å². The Labute approximate surface area is 154 Å². The van der Waals surface area contributed by atoms with Crippen molar-refractivity contribution in [3.8, 4) is 0 Å². The first-order chi connectivity index (χ1) is 12.4. The molecule has 0 unspecified atom stereocenters. The predicted molar refractivity (Wildman–Crippen MR) is 100 cm³/mol. The quantitative estimate of drug-likeness (QED) is 0.580. The lowest BCUT2D eigenvalue weighted by Crippen LogP contribution is -2.31. The molecule has 0 spiro atoms.